The average Bonchev–Trinajstić information content (AvgIpc) is 3.44. The van der Waals surface area contributed by atoms with Crippen molar-refractivity contribution in [1.29, 1.82) is 0 Å². The molecule has 3 aromatic rings. The SMILES string of the molecule is COc1nn(C)cc1C(=O)C[S@@]1(=O)=NC(=O)c2ccc3c(c2)N(C[C@@H]2CC[C@H]2[C@@H](OC(=O)CC(C)C)/C=C/C[C@H](C)C1)C[C@@]1(CCCc2cc(Cl)ccc21)CO3. The van der Waals surface area contributed by atoms with Crippen molar-refractivity contribution in [2.75, 3.05) is 43.2 Å². The van der Waals surface area contributed by atoms with E-state index in [9.17, 15) is 18.6 Å². The van der Waals surface area contributed by atoms with E-state index in [1.54, 1.807) is 19.2 Å². The lowest BCUT2D eigenvalue weighted by atomic mass is 9.68. The minimum Gasteiger partial charge on any atom is -0.490 e. The van der Waals surface area contributed by atoms with Crippen molar-refractivity contribution in [3.63, 3.8) is 0 Å². The number of nitrogens with zero attached hydrogens (tertiary/aromatic N) is 4. The second kappa shape index (κ2) is 16.4. The smallest absolute Gasteiger partial charge is 0.306 e. The number of hydrogen-bond donors (Lipinski definition) is 0. The summed E-state index contributed by atoms with van der Waals surface area (Å²) in [6.07, 6.45) is 10.7. The van der Waals surface area contributed by atoms with E-state index in [1.165, 1.54) is 29.1 Å². The number of aromatic nitrogens is 2. The van der Waals surface area contributed by atoms with E-state index in [1.807, 2.05) is 45.1 Å². The summed E-state index contributed by atoms with van der Waals surface area (Å²) in [7, 11) is -0.336. The molecule has 6 atom stereocenters. The highest BCUT2D eigenvalue weighted by Crippen LogP contribution is 2.47. The fourth-order valence-electron chi connectivity index (χ4n) is 8.97. The highest BCUT2D eigenvalue weighted by atomic mass is 35.5. The molecule has 13 heteroatoms. The summed E-state index contributed by atoms with van der Waals surface area (Å²) in [5.74, 6) is -0.752. The molecule has 1 spiro atoms. The second-order valence-corrected chi connectivity index (χ2v) is 19.5. The number of benzene rings is 2. The van der Waals surface area contributed by atoms with Gasteiger partial charge in [0, 0.05) is 60.4 Å². The normalized spacial score (nSPS) is 28.2. The van der Waals surface area contributed by atoms with Gasteiger partial charge in [-0.15, -0.1) is 5.10 Å². The zero-order valence-corrected chi connectivity index (χ0v) is 34.6. The molecule has 3 heterocycles. The Morgan fingerprint density at radius 1 is 1.16 bits per heavy atom. The predicted octanol–water partition coefficient (Wildman–Crippen LogP) is 7.63. The predicted molar refractivity (Wildman–Crippen MR) is 217 cm³/mol. The number of esters is 1. The van der Waals surface area contributed by atoms with Gasteiger partial charge in [0.1, 0.15) is 17.4 Å². The Kier molecular flexibility index (Phi) is 11.7. The molecule has 1 fully saturated rings. The van der Waals surface area contributed by atoms with E-state index in [0.29, 0.717) is 43.3 Å². The molecular weight excluding hydrogens is 752 g/mol. The summed E-state index contributed by atoms with van der Waals surface area (Å²) in [5, 5.41) is 4.91. The van der Waals surface area contributed by atoms with Crippen LogP contribution in [0.25, 0.3) is 0 Å². The molecule has 2 aromatic carbocycles. The Morgan fingerprint density at radius 3 is 2.73 bits per heavy atom. The van der Waals surface area contributed by atoms with Crippen molar-refractivity contribution >= 4 is 44.7 Å². The zero-order chi connectivity index (χ0) is 39.8. The van der Waals surface area contributed by atoms with Gasteiger partial charge in [0.05, 0.1) is 34.9 Å². The number of fused-ring (bicyclic) bond motifs is 4. The number of aryl methyl sites for hydroxylation is 2. The van der Waals surface area contributed by atoms with E-state index >= 15 is 0 Å². The molecule has 0 radical (unpaired) electrons. The standard InChI is InChI=1S/C43H53ClN4O7S/c1-27(2)18-40(50)55-38-10-6-8-28(3)23-56(52,24-37(49)34-22-47(4)45-42(34)53-5)46-41(51)30-12-16-39-36(20-30)48(21-31-11-14-33(31)38)25-43(26-54-39)17-7-9-29-19-32(44)13-15-35(29)43/h6,10,12-13,15-16,19-20,22,27-28,31,33,38H,7-9,11,14,17-18,21,23-26H2,1-5H3/b10-6+/t28-,31-,33+,38-,43-,56+/m0/s1. The molecule has 56 heavy (non-hydrogen) atoms. The average molecular weight is 805 g/mol. The van der Waals surface area contributed by atoms with E-state index in [2.05, 4.69) is 26.5 Å². The van der Waals surface area contributed by atoms with Gasteiger partial charge in [0.2, 0.25) is 5.88 Å². The van der Waals surface area contributed by atoms with Crippen LogP contribution in [-0.4, -0.2) is 76.1 Å². The molecule has 2 bridgehead atoms. The highest BCUT2D eigenvalue weighted by molar-refractivity contribution is 7.94. The van der Waals surface area contributed by atoms with Gasteiger partial charge in [0.25, 0.3) is 5.91 Å². The van der Waals surface area contributed by atoms with Crippen LogP contribution in [0, 0.1) is 23.7 Å². The van der Waals surface area contributed by atoms with E-state index in [-0.39, 0.29) is 57.8 Å². The van der Waals surface area contributed by atoms with Gasteiger partial charge in [-0.2, -0.15) is 4.36 Å². The number of Topliss-reactive ketones (excluding diaryl/α,β-unsaturated/α-hetero) is 1. The number of allylic oxidation sites excluding steroid dienone is 1. The van der Waals surface area contributed by atoms with Gasteiger partial charge < -0.3 is 19.1 Å². The maximum Gasteiger partial charge on any atom is 0.306 e. The highest BCUT2D eigenvalue weighted by Gasteiger charge is 2.45. The summed E-state index contributed by atoms with van der Waals surface area (Å²) < 4.78 is 38.9. The molecule has 1 saturated carbocycles. The summed E-state index contributed by atoms with van der Waals surface area (Å²) in [6.45, 7) is 7.72. The summed E-state index contributed by atoms with van der Waals surface area (Å²) >= 11 is 6.48. The molecule has 0 N–H and O–H groups in total. The molecule has 2 aliphatic heterocycles. The third-order valence-electron chi connectivity index (χ3n) is 11.8. The van der Waals surface area contributed by atoms with Crippen LogP contribution in [0.2, 0.25) is 5.02 Å². The van der Waals surface area contributed by atoms with Crippen molar-refractivity contribution in [2.45, 2.75) is 77.2 Å². The molecular formula is C43H53ClN4O7S. The molecule has 1 amide bonds. The van der Waals surface area contributed by atoms with Crippen LogP contribution in [0.1, 0.15) is 91.1 Å². The van der Waals surface area contributed by atoms with E-state index in [4.69, 9.17) is 25.8 Å². The molecule has 300 valence electrons. The van der Waals surface area contributed by atoms with Crippen molar-refractivity contribution in [3.8, 4) is 11.6 Å². The number of ether oxygens (including phenoxy) is 3. The number of amides is 1. The number of anilines is 1. The largest absolute Gasteiger partial charge is 0.490 e. The summed E-state index contributed by atoms with van der Waals surface area (Å²) in [6, 6.07) is 11.5. The minimum atomic E-state index is -3.42. The van der Waals surface area contributed by atoms with E-state index in [0.717, 1.165) is 37.8 Å². The summed E-state index contributed by atoms with van der Waals surface area (Å²) in [4.78, 5) is 43.4. The second-order valence-electron chi connectivity index (χ2n) is 16.7. The minimum absolute atomic E-state index is 0.00732. The fraction of sp³-hybridized carbons (Fsp3) is 0.535. The Hall–Kier alpha value is -4.16. The third kappa shape index (κ3) is 8.56. The lowest BCUT2D eigenvalue weighted by molar-refractivity contribution is -0.153. The Labute approximate surface area is 335 Å². The van der Waals surface area contributed by atoms with Crippen LogP contribution in [0.3, 0.4) is 0 Å². The molecule has 4 aliphatic rings. The van der Waals surface area contributed by atoms with Crippen molar-refractivity contribution in [3.05, 3.63) is 82.0 Å². The number of carbonyl (C=O) groups excluding carboxylic acids is 3. The molecule has 7 rings (SSSR count). The lowest BCUT2D eigenvalue weighted by Crippen LogP contribution is -2.50. The number of halogens is 1. The van der Waals surface area contributed by atoms with Crippen LogP contribution in [0.15, 0.2) is 59.1 Å². The first-order valence-electron chi connectivity index (χ1n) is 19.8. The first-order chi connectivity index (χ1) is 26.7. The van der Waals surface area contributed by atoms with Gasteiger partial charge in [-0.1, -0.05) is 44.5 Å². The number of carbonyl (C=O) groups is 3. The number of hydrogen-bond acceptors (Lipinski definition) is 9. The van der Waals surface area contributed by atoms with Crippen LogP contribution < -0.4 is 14.4 Å². The van der Waals surface area contributed by atoms with Gasteiger partial charge >= 0.3 is 5.97 Å². The monoisotopic (exact) mass is 804 g/mol. The Morgan fingerprint density at radius 2 is 1.98 bits per heavy atom. The summed E-state index contributed by atoms with van der Waals surface area (Å²) in [5.41, 5.74) is 3.35. The van der Waals surface area contributed by atoms with Gasteiger partial charge in [-0.05, 0) is 104 Å². The topological polar surface area (TPSA) is 129 Å². The van der Waals surface area contributed by atoms with Gasteiger partial charge in [0.15, 0.2) is 5.78 Å². The van der Waals surface area contributed by atoms with Gasteiger partial charge in [-0.3, -0.25) is 19.1 Å². The van der Waals surface area contributed by atoms with Crippen molar-refractivity contribution in [1.82, 2.24) is 9.78 Å². The Bertz CT molecular complexity index is 2160. The van der Waals surface area contributed by atoms with E-state index < -0.39 is 33.3 Å². The maximum absolute atomic E-state index is 14.8. The molecule has 0 unspecified atom stereocenters. The third-order valence-corrected chi connectivity index (χ3v) is 14.3. The number of methoxy groups -OCH3 is 1. The van der Waals surface area contributed by atoms with Crippen LogP contribution >= 0.6 is 11.6 Å². The van der Waals surface area contributed by atoms with Crippen LogP contribution in [0.5, 0.6) is 11.6 Å². The zero-order valence-electron chi connectivity index (χ0n) is 33.0. The first kappa shape index (κ1) is 40.1. The van der Waals surface area contributed by atoms with Crippen molar-refractivity contribution in [2.24, 2.45) is 35.1 Å². The lowest BCUT2D eigenvalue weighted by Gasteiger charge is -2.46. The number of ketones is 1. The molecule has 0 saturated heterocycles. The van der Waals surface area contributed by atoms with Crippen molar-refractivity contribution < 1.29 is 32.8 Å². The van der Waals surface area contributed by atoms with Crippen LogP contribution in [0.4, 0.5) is 5.69 Å². The molecule has 1 aromatic heterocycles. The maximum atomic E-state index is 14.8. The number of rotatable bonds is 7. The molecule has 11 nitrogen and oxygen atoms in total. The molecule has 2 aliphatic carbocycles. The van der Waals surface area contributed by atoms with Crippen LogP contribution in [-0.2, 0) is 38.1 Å². The quantitative estimate of drug-likeness (QED) is 0.135. The fourth-order valence-corrected chi connectivity index (χ4v) is 11.4. The van der Waals surface area contributed by atoms with Gasteiger partial charge in [-0.25, -0.2) is 4.21 Å². The Balaban J connectivity index is 1.31. The first-order valence-corrected chi connectivity index (χ1v) is 22.0.